The highest BCUT2D eigenvalue weighted by Gasteiger charge is 2.31. The van der Waals surface area contributed by atoms with E-state index in [4.69, 9.17) is 14.5 Å². The van der Waals surface area contributed by atoms with Gasteiger partial charge in [-0.05, 0) is 75.6 Å². The molecule has 0 bridgehead atoms. The van der Waals surface area contributed by atoms with Crippen LogP contribution in [0.15, 0.2) is 58.5 Å². The highest BCUT2D eigenvalue weighted by Crippen LogP contribution is 2.38. The van der Waals surface area contributed by atoms with Crippen LogP contribution in [-0.2, 0) is 23.5 Å². The van der Waals surface area contributed by atoms with E-state index >= 15 is 0 Å². The van der Waals surface area contributed by atoms with E-state index in [2.05, 4.69) is 26.0 Å². The first-order valence-corrected chi connectivity index (χ1v) is 13.7. The summed E-state index contributed by atoms with van der Waals surface area (Å²) in [6, 6.07) is 16.2. The third kappa shape index (κ3) is 5.03. The van der Waals surface area contributed by atoms with Gasteiger partial charge in [-0.3, -0.25) is 9.36 Å². The van der Waals surface area contributed by atoms with Crippen LogP contribution in [0, 0.1) is 6.92 Å². The van der Waals surface area contributed by atoms with Crippen LogP contribution in [0.1, 0.15) is 49.3 Å². The average molecular weight is 507 g/mol. The van der Waals surface area contributed by atoms with Crippen molar-refractivity contribution in [1.29, 1.82) is 0 Å². The predicted molar refractivity (Wildman–Crippen MR) is 144 cm³/mol. The third-order valence-corrected chi connectivity index (χ3v) is 8.11. The molecule has 0 atom stereocenters. The summed E-state index contributed by atoms with van der Waals surface area (Å²) in [4.78, 5) is 21.0. The Hall–Kier alpha value is -2.61. The van der Waals surface area contributed by atoms with Crippen LogP contribution in [0.5, 0.6) is 5.75 Å². The van der Waals surface area contributed by atoms with E-state index in [-0.39, 0.29) is 17.3 Å². The zero-order valence-corrected chi connectivity index (χ0v) is 22.4. The number of aromatic nitrogens is 2. The first-order valence-electron chi connectivity index (χ1n) is 11.9. The number of fused-ring (bicyclic) bond motifs is 3. The Bertz CT molecular complexity index is 1440. The van der Waals surface area contributed by atoms with Crippen LogP contribution in [0.2, 0.25) is 0 Å². The summed E-state index contributed by atoms with van der Waals surface area (Å²) in [5.74, 6) is 1.56. The van der Waals surface area contributed by atoms with Crippen LogP contribution in [0.4, 0.5) is 0 Å². The van der Waals surface area contributed by atoms with Crippen molar-refractivity contribution in [2.45, 2.75) is 70.3 Å². The van der Waals surface area contributed by atoms with E-state index in [1.807, 2.05) is 57.2 Å². The minimum absolute atomic E-state index is 0.000943. The molecule has 1 aliphatic rings. The average Bonchev–Trinajstić information content (AvgIpc) is 3.15. The molecule has 0 saturated heterocycles. The first-order chi connectivity index (χ1) is 16.7. The molecule has 0 unspecified atom stereocenters. The smallest absolute Gasteiger partial charge is 0.267 e. The first kappa shape index (κ1) is 24.1. The molecule has 2 aromatic carbocycles. The molecule has 1 aliphatic heterocycles. The lowest BCUT2D eigenvalue weighted by molar-refractivity contribution is -0.0379. The minimum Gasteiger partial charge on any atom is -0.491 e. The minimum atomic E-state index is -0.291. The molecule has 0 radical (unpaired) electrons. The topological polar surface area (TPSA) is 53.4 Å². The van der Waals surface area contributed by atoms with Gasteiger partial charge in [-0.15, -0.1) is 11.3 Å². The van der Waals surface area contributed by atoms with Crippen molar-refractivity contribution < 1.29 is 9.47 Å². The number of aryl methyl sites for hydroxylation is 1. The van der Waals surface area contributed by atoms with E-state index in [1.54, 1.807) is 27.7 Å². The third-order valence-electron chi connectivity index (χ3n) is 6.00. The number of hydrogen-bond donors (Lipinski definition) is 0. The highest BCUT2D eigenvalue weighted by molar-refractivity contribution is 7.98. The largest absolute Gasteiger partial charge is 0.491 e. The van der Waals surface area contributed by atoms with Gasteiger partial charge in [0.25, 0.3) is 5.56 Å². The van der Waals surface area contributed by atoms with Crippen molar-refractivity contribution in [3.8, 4) is 11.4 Å². The van der Waals surface area contributed by atoms with E-state index in [1.165, 1.54) is 0 Å². The summed E-state index contributed by atoms with van der Waals surface area (Å²) in [6.45, 7) is 10.8. The summed E-state index contributed by atoms with van der Waals surface area (Å²) >= 11 is 3.17. The van der Waals surface area contributed by atoms with Crippen LogP contribution < -0.4 is 10.3 Å². The summed E-state index contributed by atoms with van der Waals surface area (Å²) in [7, 11) is 0. The number of benzene rings is 2. The lowest BCUT2D eigenvalue weighted by Gasteiger charge is -2.29. The number of ether oxygens (including phenoxy) is 2. The van der Waals surface area contributed by atoms with Gasteiger partial charge in [0, 0.05) is 17.1 Å². The molecule has 0 aliphatic carbocycles. The molecule has 5 nitrogen and oxygen atoms in total. The molecule has 3 heterocycles. The Kier molecular flexibility index (Phi) is 6.51. The van der Waals surface area contributed by atoms with Crippen LogP contribution in [-0.4, -0.2) is 21.3 Å². The second-order valence-electron chi connectivity index (χ2n) is 9.88. The Morgan fingerprint density at radius 2 is 1.97 bits per heavy atom. The lowest BCUT2D eigenvalue weighted by atomic mass is 9.94. The summed E-state index contributed by atoms with van der Waals surface area (Å²) in [6.07, 6.45) is 0.854. The molecule has 182 valence electrons. The van der Waals surface area contributed by atoms with Crippen LogP contribution in [0.3, 0.4) is 0 Å². The lowest BCUT2D eigenvalue weighted by Crippen LogP contribution is -2.32. The fourth-order valence-electron chi connectivity index (χ4n) is 4.35. The predicted octanol–water partition coefficient (Wildman–Crippen LogP) is 6.69. The van der Waals surface area contributed by atoms with Gasteiger partial charge in [0.15, 0.2) is 5.16 Å². The van der Waals surface area contributed by atoms with Gasteiger partial charge in [-0.1, -0.05) is 36.0 Å². The SMILES string of the molecule is Cc1cccc(-n2c(SCc3ccc(OC(C)C)cc3)nc3sc4c(c3c2=O)CC(C)(C)OC4)c1. The molecule has 0 fully saturated rings. The van der Waals surface area contributed by atoms with E-state index in [9.17, 15) is 4.79 Å². The van der Waals surface area contributed by atoms with Gasteiger partial charge in [0.05, 0.1) is 29.4 Å². The van der Waals surface area contributed by atoms with Gasteiger partial charge in [0.2, 0.25) is 0 Å². The molecular formula is C28H30N2O3S2. The molecule has 0 saturated carbocycles. The Labute approximate surface area is 214 Å². The van der Waals surface area contributed by atoms with Crippen LogP contribution in [0.25, 0.3) is 15.9 Å². The summed E-state index contributed by atoms with van der Waals surface area (Å²) < 4.78 is 13.6. The molecule has 7 heteroatoms. The number of hydrogen-bond acceptors (Lipinski definition) is 6. The van der Waals surface area contributed by atoms with Gasteiger partial charge < -0.3 is 9.47 Å². The molecule has 4 aromatic rings. The van der Waals surface area contributed by atoms with Gasteiger partial charge >= 0.3 is 0 Å². The number of thiophene rings is 1. The van der Waals surface area contributed by atoms with Crippen molar-refractivity contribution in [2.75, 3.05) is 0 Å². The van der Waals surface area contributed by atoms with Crippen molar-refractivity contribution >= 4 is 33.3 Å². The summed E-state index contributed by atoms with van der Waals surface area (Å²) in [5.41, 5.74) is 3.90. The van der Waals surface area contributed by atoms with Crippen LogP contribution >= 0.6 is 23.1 Å². The van der Waals surface area contributed by atoms with Gasteiger partial charge in [0.1, 0.15) is 10.6 Å². The van der Waals surface area contributed by atoms with E-state index < -0.39 is 0 Å². The zero-order valence-electron chi connectivity index (χ0n) is 20.8. The fourth-order valence-corrected chi connectivity index (χ4v) is 6.46. The Morgan fingerprint density at radius 1 is 1.20 bits per heavy atom. The van der Waals surface area contributed by atoms with E-state index in [0.29, 0.717) is 23.9 Å². The molecule has 35 heavy (non-hydrogen) atoms. The highest BCUT2D eigenvalue weighted by atomic mass is 32.2. The molecule has 2 aromatic heterocycles. The Morgan fingerprint density at radius 3 is 2.69 bits per heavy atom. The van der Waals surface area contributed by atoms with Gasteiger partial charge in [-0.2, -0.15) is 0 Å². The quantitative estimate of drug-likeness (QED) is 0.215. The molecule has 5 rings (SSSR count). The maximum absolute atomic E-state index is 14.0. The summed E-state index contributed by atoms with van der Waals surface area (Å²) in [5, 5.41) is 1.44. The number of nitrogens with zero attached hydrogens (tertiary/aromatic N) is 2. The van der Waals surface area contributed by atoms with Crippen molar-refractivity contribution in [3.63, 3.8) is 0 Å². The molecule has 0 amide bonds. The van der Waals surface area contributed by atoms with Crippen molar-refractivity contribution in [3.05, 3.63) is 80.5 Å². The standard InChI is InChI=1S/C28H30N2O3S2/c1-17(2)33-21-11-9-19(10-12-21)16-34-27-29-25-24(22-14-28(4,5)32-15-23(22)35-25)26(31)30(27)20-8-6-7-18(3)13-20/h6-13,17H,14-16H2,1-5H3. The normalized spacial score (nSPS) is 14.9. The molecular weight excluding hydrogens is 476 g/mol. The Balaban J connectivity index is 1.57. The second kappa shape index (κ2) is 9.45. The monoisotopic (exact) mass is 506 g/mol. The van der Waals surface area contributed by atoms with Gasteiger partial charge in [-0.25, -0.2) is 4.98 Å². The van der Waals surface area contributed by atoms with E-state index in [0.717, 1.165) is 43.2 Å². The van der Waals surface area contributed by atoms with Crippen molar-refractivity contribution in [1.82, 2.24) is 9.55 Å². The van der Waals surface area contributed by atoms with Crippen molar-refractivity contribution in [2.24, 2.45) is 0 Å². The fraction of sp³-hybridized carbons (Fsp3) is 0.357. The zero-order chi connectivity index (χ0) is 24.7. The maximum Gasteiger partial charge on any atom is 0.267 e. The maximum atomic E-state index is 14.0. The molecule has 0 N–H and O–H groups in total. The molecule has 0 spiro atoms. The number of rotatable bonds is 6. The second-order valence-corrected chi connectivity index (χ2v) is 11.9. The number of thioether (sulfide) groups is 1.